The molecule has 3 rings (SSSR count). The van der Waals surface area contributed by atoms with Gasteiger partial charge in [-0.15, -0.1) is 0 Å². The molecule has 2 bridgehead atoms. The van der Waals surface area contributed by atoms with E-state index in [1.54, 1.807) is 11.8 Å². The lowest BCUT2D eigenvalue weighted by atomic mass is 9.91. The molecule has 0 aromatic rings. The van der Waals surface area contributed by atoms with E-state index in [1.807, 2.05) is 0 Å². The van der Waals surface area contributed by atoms with Crippen LogP contribution in [0.1, 0.15) is 53.4 Å². The van der Waals surface area contributed by atoms with Crippen LogP contribution in [0.3, 0.4) is 0 Å². The normalized spacial score (nSPS) is 39.6. The molecule has 0 saturated heterocycles. The van der Waals surface area contributed by atoms with Gasteiger partial charge in [-0.3, -0.25) is 4.79 Å². The maximum Gasteiger partial charge on any atom is 0.262 e. The largest absolute Gasteiger partial charge is 0.271 e. The van der Waals surface area contributed by atoms with Crippen LogP contribution in [-0.2, 0) is 4.79 Å². The molecule has 1 fully saturated rings. The van der Waals surface area contributed by atoms with E-state index in [1.165, 1.54) is 12.8 Å². The van der Waals surface area contributed by atoms with Crippen molar-refractivity contribution in [3.05, 3.63) is 12.2 Å². The van der Waals surface area contributed by atoms with Gasteiger partial charge in [-0.05, 0) is 50.4 Å². The quantitative estimate of drug-likeness (QED) is 0.711. The molecule has 0 aromatic carbocycles. The summed E-state index contributed by atoms with van der Waals surface area (Å²) >= 11 is 1.74. The van der Waals surface area contributed by atoms with Crippen molar-refractivity contribution in [2.24, 2.45) is 22.7 Å². The molecule has 1 amide bonds. The first-order valence-electron chi connectivity index (χ1n) is 7.10. The summed E-state index contributed by atoms with van der Waals surface area (Å²) < 4.78 is -0.266. The summed E-state index contributed by atoms with van der Waals surface area (Å²) in [5.41, 5.74) is 0. The van der Waals surface area contributed by atoms with Crippen LogP contribution in [0.5, 0.6) is 0 Å². The zero-order valence-corrected chi connectivity index (χ0v) is 12.0. The van der Waals surface area contributed by atoms with Crippen molar-refractivity contribution in [3.63, 3.8) is 0 Å². The number of rotatable bonds is 4. The highest BCUT2D eigenvalue weighted by atomic mass is 32.2. The number of fused-ring (bicyclic) bond motifs is 2. The van der Waals surface area contributed by atoms with Crippen molar-refractivity contribution in [3.8, 4) is 0 Å². The van der Waals surface area contributed by atoms with E-state index in [0.717, 1.165) is 42.1 Å². The Kier molecular flexibility index (Phi) is 4.24. The van der Waals surface area contributed by atoms with E-state index in [9.17, 15) is 4.79 Å². The molecular formula is C16H25NOS. The van der Waals surface area contributed by atoms with Crippen molar-refractivity contribution in [2.75, 3.05) is 0 Å². The highest BCUT2D eigenvalue weighted by Gasteiger charge is 2.42. The van der Waals surface area contributed by atoms with Crippen molar-refractivity contribution >= 4 is 22.7 Å². The number of allylic oxidation sites excluding steroid dienone is 2. The molecule has 0 spiro atoms. The predicted molar refractivity (Wildman–Crippen MR) is 83.5 cm³/mol. The van der Waals surface area contributed by atoms with Crippen LogP contribution < -0.4 is 0 Å². The van der Waals surface area contributed by atoms with Crippen molar-refractivity contribution < 1.29 is 4.79 Å². The third-order valence-corrected chi connectivity index (χ3v) is 5.92. The van der Waals surface area contributed by atoms with Crippen LogP contribution in [-0.4, -0.2) is 15.7 Å². The van der Waals surface area contributed by atoms with E-state index in [4.69, 9.17) is 0 Å². The minimum absolute atomic E-state index is 0. The molecule has 3 unspecified atom stereocenters. The van der Waals surface area contributed by atoms with Crippen molar-refractivity contribution in [2.45, 2.75) is 58.1 Å². The molecule has 0 radical (unpaired) electrons. The molecule has 1 heterocycles. The Balaban J connectivity index is 0.00000133. The van der Waals surface area contributed by atoms with E-state index >= 15 is 0 Å². The lowest BCUT2D eigenvalue weighted by Crippen LogP contribution is -2.26. The van der Waals surface area contributed by atoms with Crippen LogP contribution in [0.25, 0.3) is 0 Å². The molecule has 0 N–H and O–H groups in total. The summed E-state index contributed by atoms with van der Waals surface area (Å²) in [6.45, 7) is 4.19. The molecular weight excluding hydrogens is 254 g/mol. The minimum atomic E-state index is -0.266. The van der Waals surface area contributed by atoms with E-state index in [-0.39, 0.29) is 18.1 Å². The molecule has 106 valence electrons. The smallest absolute Gasteiger partial charge is 0.262 e. The zero-order valence-electron chi connectivity index (χ0n) is 11.2. The predicted octanol–water partition coefficient (Wildman–Crippen LogP) is 4.46. The van der Waals surface area contributed by atoms with Gasteiger partial charge < -0.3 is 0 Å². The standard InChI is InChI=1S/C15H21NOS.CH4/c1-3-6-15(2)14(17)16-13(18-15)9-12-8-10-4-5-11(12)7-10;/h4-5,10-12H,3,6-9H2,1-2H3;1H4/t10?,11?,12?,15-;/m0./s1. The number of amides is 1. The van der Waals surface area contributed by atoms with Gasteiger partial charge in [0.05, 0.1) is 9.79 Å². The number of hydrogen-bond donors (Lipinski definition) is 0. The van der Waals surface area contributed by atoms with E-state index in [2.05, 4.69) is 31.0 Å². The average molecular weight is 279 g/mol. The Hall–Kier alpha value is -0.570. The average Bonchev–Trinajstić information content (AvgIpc) is 2.96. The fourth-order valence-electron chi connectivity index (χ4n) is 3.63. The summed E-state index contributed by atoms with van der Waals surface area (Å²) in [5.74, 6) is 2.40. The monoisotopic (exact) mass is 279 g/mol. The molecule has 19 heavy (non-hydrogen) atoms. The van der Waals surface area contributed by atoms with Gasteiger partial charge in [0.15, 0.2) is 0 Å². The molecule has 2 nitrogen and oxygen atoms in total. The maximum atomic E-state index is 12.0. The minimum Gasteiger partial charge on any atom is -0.271 e. The van der Waals surface area contributed by atoms with Gasteiger partial charge in [-0.1, -0.05) is 44.7 Å². The fourth-order valence-corrected chi connectivity index (χ4v) is 5.02. The lowest BCUT2D eigenvalue weighted by molar-refractivity contribution is -0.119. The molecule has 2 aliphatic carbocycles. The second-order valence-corrected chi connectivity index (χ2v) is 7.71. The third-order valence-electron chi connectivity index (χ3n) is 4.60. The van der Waals surface area contributed by atoms with Crippen molar-refractivity contribution in [1.82, 2.24) is 0 Å². The number of carbonyl (C=O) groups is 1. The van der Waals surface area contributed by atoms with Gasteiger partial charge in [-0.2, -0.15) is 0 Å². The summed E-state index contributed by atoms with van der Waals surface area (Å²) in [7, 11) is 0. The second kappa shape index (κ2) is 5.43. The molecule has 3 heteroatoms. The van der Waals surface area contributed by atoms with Crippen molar-refractivity contribution in [1.29, 1.82) is 0 Å². The van der Waals surface area contributed by atoms with Gasteiger partial charge in [0, 0.05) is 0 Å². The van der Waals surface area contributed by atoms with Crippen LogP contribution in [0.4, 0.5) is 0 Å². The summed E-state index contributed by atoms with van der Waals surface area (Å²) in [5, 5.41) is 1.10. The summed E-state index contributed by atoms with van der Waals surface area (Å²) in [6.07, 6.45) is 10.4. The molecule has 1 aliphatic heterocycles. The number of carbonyl (C=O) groups excluding carboxylic acids is 1. The molecule has 0 aromatic heterocycles. The van der Waals surface area contributed by atoms with Crippen LogP contribution in [0, 0.1) is 17.8 Å². The Morgan fingerprint density at radius 3 is 2.79 bits per heavy atom. The van der Waals surface area contributed by atoms with Gasteiger partial charge in [0.1, 0.15) is 0 Å². The topological polar surface area (TPSA) is 29.4 Å². The molecule has 4 atom stereocenters. The highest BCUT2D eigenvalue weighted by Crippen LogP contribution is 2.47. The van der Waals surface area contributed by atoms with E-state index in [0.29, 0.717) is 0 Å². The zero-order chi connectivity index (χ0) is 12.8. The highest BCUT2D eigenvalue weighted by molar-refractivity contribution is 8.16. The number of aliphatic imine (C=N–C) groups is 1. The summed E-state index contributed by atoms with van der Waals surface area (Å²) in [4.78, 5) is 16.3. The van der Waals surface area contributed by atoms with Gasteiger partial charge in [0.25, 0.3) is 5.91 Å². The molecule has 1 saturated carbocycles. The van der Waals surface area contributed by atoms with Crippen LogP contribution >= 0.6 is 11.8 Å². The van der Waals surface area contributed by atoms with Gasteiger partial charge in [0.2, 0.25) is 0 Å². The summed E-state index contributed by atoms with van der Waals surface area (Å²) in [6, 6.07) is 0. The number of thioether (sulfide) groups is 1. The third kappa shape index (κ3) is 2.67. The van der Waals surface area contributed by atoms with Crippen LogP contribution in [0.15, 0.2) is 17.1 Å². The first-order chi connectivity index (χ1) is 8.60. The number of nitrogens with zero attached hydrogens (tertiary/aromatic N) is 1. The van der Waals surface area contributed by atoms with Crippen LogP contribution in [0.2, 0.25) is 0 Å². The number of hydrogen-bond acceptors (Lipinski definition) is 2. The van der Waals surface area contributed by atoms with Gasteiger partial charge >= 0.3 is 0 Å². The molecule has 3 aliphatic rings. The first kappa shape index (κ1) is 14.8. The Morgan fingerprint density at radius 2 is 2.21 bits per heavy atom. The van der Waals surface area contributed by atoms with E-state index < -0.39 is 0 Å². The van der Waals surface area contributed by atoms with Gasteiger partial charge in [-0.25, -0.2) is 4.99 Å². The first-order valence-corrected chi connectivity index (χ1v) is 7.91. The lowest BCUT2D eigenvalue weighted by Gasteiger charge is -2.21. The Bertz CT molecular complexity index is 428. The SMILES string of the molecule is C.CCC[C@]1(C)SC(CC2CC3C=CC2C3)=NC1=O. The Morgan fingerprint density at radius 1 is 1.42 bits per heavy atom. The Labute approximate surface area is 121 Å². The second-order valence-electron chi connectivity index (χ2n) is 6.14. The maximum absolute atomic E-state index is 12.0. The fraction of sp³-hybridized carbons (Fsp3) is 0.750.